The van der Waals surface area contributed by atoms with E-state index in [0.717, 1.165) is 27.6 Å². The maximum Gasteiger partial charge on any atom is 0.270 e. The van der Waals surface area contributed by atoms with Gasteiger partial charge in [0.15, 0.2) is 15.8 Å². The van der Waals surface area contributed by atoms with Crippen LogP contribution in [-0.2, 0) is 11.4 Å². The molecule has 0 bridgehead atoms. The Labute approximate surface area is 236 Å². The third kappa shape index (κ3) is 5.01. The first-order valence-corrected chi connectivity index (χ1v) is 14.0. The van der Waals surface area contributed by atoms with Crippen molar-refractivity contribution < 1.29 is 14.3 Å². The van der Waals surface area contributed by atoms with Gasteiger partial charge in [0.25, 0.3) is 5.91 Å². The van der Waals surface area contributed by atoms with Crippen LogP contribution in [0, 0.1) is 0 Å². The molecule has 4 nitrogen and oxygen atoms in total. The topological polar surface area (TPSA) is 38.8 Å². The number of benzene rings is 5. The van der Waals surface area contributed by atoms with Gasteiger partial charge in [0.2, 0.25) is 0 Å². The van der Waals surface area contributed by atoms with E-state index in [1.54, 1.807) is 4.90 Å². The third-order valence-electron chi connectivity index (χ3n) is 6.63. The number of carbonyl (C=O) groups excluding carboxylic acids is 1. The van der Waals surface area contributed by atoms with Crippen molar-refractivity contribution in [3.63, 3.8) is 0 Å². The van der Waals surface area contributed by atoms with Gasteiger partial charge in [-0.2, -0.15) is 0 Å². The van der Waals surface area contributed by atoms with Crippen LogP contribution in [0.5, 0.6) is 11.5 Å². The van der Waals surface area contributed by atoms with Crippen LogP contribution in [0.4, 0.5) is 5.69 Å². The molecule has 6 rings (SSSR count). The van der Waals surface area contributed by atoms with Crippen molar-refractivity contribution in [3.8, 4) is 11.5 Å². The van der Waals surface area contributed by atoms with Gasteiger partial charge in [-0.1, -0.05) is 109 Å². The van der Waals surface area contributed by atoms with Crippen LogP contribution in [0.2, 0.25) is 0 Å². The Bertz CT molecular complexity index is 1750. The van der Waals surface area contributed by atoms with Crippen molar-refractivity contribution in [2.75, 3.05) is 11.5 Å². The van der Waals surface area contributed by atoms with Gasteiger partial charge in [0, 0.05) is 5.39 Å². The minimum atomic E-state index is -0.129. The van der Waals surface area contributed by atoms with Crippen molar-refractivity contribution in [3.05, 3.63) is 119 Å². The lowest BCUT2D eigenvalue weighted by molar-refractivity contribution is -0.113. The molecule has 39 heavy (non-hydrogen) atoms. The molecule has 0 atom stereocenters. The van der Waals surface area contributed by atoms with E-state index < -0.39 is 0 Å². The molecule has 0 saturated carbocycles. The van der Waals surface area contributed by atoms with Crippen molar-refractivity contribution in [2.24, 2.45) is 0 Å². The van der Waals surface area contributed by atoms with Crippen LogP contribution in [-0.4, -0.2) is 16.8 Å². The molecule has 1 saturated heterocycles. The highest BCUT2D eigenvalue weighted by molar-refractivity contribution is 8.27. The maximum absolute atomic E-state index is 13.5. The SMILES string of the molecule is CCOc1cc(/C=C2\SC(=S)N(c3cccc4ccccc34)C2=O)ccc1OCc1cccc2ccccc12. The molecule has 0 aliphatic carbocycles. The molecular weight excluding hydrogens is 523 g/mol. The van der Waals surface area contributed by atoms with Crippen molar-refractivity contribution in [2.45, 2.75) is 13.5 Å². The van der Waals surface area contributed by atoms with Crippen LogP contribution in [0.3, 0.4) is 0 Å². The molecule has 0 N–H and O–H groups in total. The summed E-state index contributed by atoms with van der Waals surface area (Å²) in [6.07, 6.45) is 1.86. The molecule has 192 valence electrons. The van der Waals surface area contributed by atoms with E-state index in [9.17, 15) is 4.79 Å². The zero-order valence-electron chi connectivity index (χ0n) is 21.3. The summed E-state index contributed by atoms with van der Waals surface area (Å²) in [6.45, 7) is 2.86. The van der Waals surface area contributed by atoms with Gasteiger partial charge in [0.05, 0.1) is 17.2 Å². The number of carbonyl (C=O) groups is 1. The fraction of sp³-hybridized carbons (Fsp3) is 0.0909. The average Bonchev–Trinajstić information content (AvgIpc) is 3.24. The quantitative estimate of drug-likeness (QED) is 0.151. The number of rotatable bonds is 7. The Kier molecular flexibility index (Phi) is 7.05. The maximum atomic E-state index is 13.5. The zero-order valence-corrected chi connectivity index (χ0v) is 22.9. The molecule has 1 aliphatic heterocycles. The highest BCUT2D eigenvalue weighted by Gasteiger charge is 2.34. The second-order valence-electron chi connectivity index (χ2n) is 9.08. The fourth-order valence-corrected chi connectivity index (χ4v) is 6.09. The van der Waals surface area contributed by atoms with Crippen LogP contribution >= 0.6 is 24.0 Å². The number of fused-ring (bicyclic) bond motifs is 2. The van der Waals surface area contributed by atoms with Crippen molar-refractivity contribution in [1.29, 1.82) is 0 Å². The number of amides is 1. The molecule has 1 fully saturated rings. The van der Waals surface area contributed by atoms with E-state index in [2.05, 4.69) is 24.3 Å². The smallest absolute Gasteiger partial charge is 0.270 e. The summed E-state index contributed by atoms with van der Waals surface area (Å²) in [6, 6.07) is 34.2. The number of ether oxygens (including phenoxy) is 2. The number of nitrogens with zero attached hydrogens (tertiary/aromatic N) is 1. The van der Waals surface area contributed by atoms with E-state index in [1.165, 1.54) is 22.5 Å². The third-order valence-corrected chi connectivity index (χ3v) is 7.93. The predicted octanol–water partition coefficient (Wildman–Crippen LogP) is 8.38. The minimum Gasteiger partial charge on any atom is -0.490 e. The molecule has 1 heterocycles. The molecule has 0 unspecified atom stereocenters. The van der Waals surface area contributed by atoms with Gasteiger partial charge in [-0.05, 0) is 58.5 Å². The standard InChI is InChI=1S/C33H25NO3S2/c1-2-36-30-19-22(17-18-29(30)37-21-25-13-7-11-23-9-3-5-14-26(23)25)20-31-32(35)34(33(38)39-31)28-16-8-12-24-10-4-6-15-27(24)28/h3-20H,2,21H2,1H3/b31-20-. The van der Waals surface area contributed by atoms with Gasteiger partial charge in [0.1, 0.15) is 6.61 Å². The second-order valence-corrected chi connectivity index (χ2v) is 10.8. The highest BCUT2D eigenvalue weighted by atomic mass is 32.2. The van der Waals surface area contributed by atoms with E-state index in [4.69, 9.17) is 21.7 Å². The summed E-state index contributed by atoms with van der Waals surface area (Å²) in [5, 5.41) is 4.40. The number of hydrogen-bond donors (Lipinski definition) is 0. The summed E-state index contributed by atoms with van der Waals surface area (Å²) in [5.74, 6) is 1.16. The van der Waals surface area contributed by atoms with Crippen LogP contribution < -0.4 is 14.4 Å². The second kappa shape index (κ2) is 10.9. The lowest BCUT2D eigenvalue weighted by Gasteiger charge is -2.17. The Hall–Kier alpha value is -4.13. The molecule has 5 aromatic carbocycles. The molecule has 0 spiro atoms. The lowest BCUT2D eigenvalue weighted by Crippen LogP contribution is -2.27. The molecule has 0 aromatic heterocycles. The number of anilines is 1. The summed E-state index contributed by atoms with van der Waals surface area (Å²) in [5.41, 5.74) is 2.75. The van der Waals surface area contributed by atoms with Crippen molar-refractivity contribution >= 4 is 67.5 Å². The first-order chi connectivity index (χ1) is 19.1. The Morgan fingerprint density at radius 3 is 2.28 bits per heavy atom. The zero-order chi connectivity index (χ0) is 26.8. The summed E-state index contributed by atoms with van der Waals surface area (Å²) >= 11 is 6.95. The minimum absolute atomic E-state index is 0.129. The fourth-order valence-electron chi connectivity index (χ4n) is 4.81. The number of thiocarbonyl (C=S) groups is 1. The van der Waals surface area contributed by atoms with Gasteiger partial charge < -0.3 is 9.47 Å². The molecular formula is C33H25NO3S2. The summed E-state index contributed by atoms with van der Waals surface area (Å²) in [7, 11) is 0. The first-order valence-electron chi connectivity index (χ1n) is 12.7. The van der Waals surface area contributed by atoms with Crippen LogP contribution in [0.25, 0.3) is 27.6 Å². The molecule has 0 radical (unpaired) electrons. The lowest BCUT2D eigenvalue weighted by atomic mass is 10.1. The predicted molar refractivity (Wildman–Crippen MR) is 165 cm³/mol. The van der Waals surface area contributed by atoms with Gasteiger partial charge >= 0.3 is 0 Å². The summed E-state index contributed by atoms with van der Waals surface area (Å²) in [4.78, 5) is 15.7. The van der Waals surface area contributed by atoms with E-state index in [1.807, 2.05) is 91.9 Å². The first kappa shape index (κ1) is 25.2. The molecule has 6 heteroatoms. The molecule has 5 aromatic rings. The van der Waals surface area contributed by atoms with E-state index >= 15 is 0 Å². The largest absolute Gasteiger partial charge is 0.490 e. The Morgan fingerprint density at radius 1 is 0.795 bits per heavy atom. The van der Waals surface area contributed by atoms with E-state index in [-0.39, 0.29) is 5.91 Å². The average molecular weight is 548 g/mol. The van der Waals surface area contributed by atoms with Crippen LogP contribution in [0.15, 0.2) is 108 Å². The Morgan fingerprint density at radius 2 is 1.49 bits per heavy atom. The Balaban J connectivity index is 1.26. The van der Waals surface area contributed by atoms with Gasteiger partial charge in [-0.15, -0.1) is 0 Å². The normalized spacial score (nSPS) is 14.5. The van der Waals surface area contributed by atoms with Gasteiger partial charge in [-0.3, -0.25) is 9.69 Å². The molecule has 1 amide bonds. The van der Waals surface area contributed by atoms with Crippen LogP contribution in [0.1, 0.15) is 18.1 Å². The van der Waals surface area contributed by atoms with Crippen molar-refractivity contribution in [1.82, 2.24) is 0 Å². The number of thioether (sulfide) groups is 1. The summed E-state index contributed by atoms with van der Waals surface area (Å²) < 4.78 is 12.7. The van der Waals surface area contributed by atoms with Gasteiger partial charge in [-0.25, -0.2) is 0 Å². The monoisotopic (exact) mass is 547 g/mol. The van der Waals surface area contributed by atoms with E-state index in [0.29, 0.717) is 33.9 Å². The number of hydrogen-bond acceptors (Lipinski definition) is 5. The molecule has 1 aliphatic rings. The highest BCUT2D eigenvalue weighted by Crippen LogP contribution is 2.39.